The molecule has 0 saturated heterocycles. The van der Waals surface area contributed by atoms with Crippen LogP contribution in [0.25, 0.3) is 27.9 Å². The molecule has 0 spiro atoms. The van der Waals surface area contributed by atoms with Crippen molar-refractivity contribution < 1.29 is 13.6 Å². The van der Waals surface area contributed by atoms with Crippen molar-refractivity contribution in [1.29, 1.82) is 0 Å². The van der Waals surface area contributed by atoms with Gasteiger partial charge in [0.1, 0.15) is 12.1 Å². The van der Waals surface area contributed by atoms with Gasteiger partial charge in [0.2, 0.25) is 5.91 Å². The van der Waals surface area contributed by atoms with Gasteiger partial charge in [-0.05, 0) is 30.3 Å². The molecule has 0 atom stereocenters. The van der Waals surface area contributed by atoms with Crippen LogP contribution in [0.15, 0.2) is 76.7 Å². The van der Waals surface area contributed by atoms with Crippen molar-refractivity contribution in [3.05, 3.63) is 72.9 Å². The zero-order valence-corrected chi connectivity index (χ0v) is 16.3. The summed E-state index contributed by atoms with van der Waals surface area (Å²) in [5.74, 6) is -0.290. The number of thioether (sulfide) groups is 1. The van der Waals surface area contributed by atoms with Crippen LogP contribution >= 0.6 is 11.8 Å². The van der Waals surface area contributed by atoms with Crippen molar-refractivity contribution in [2.75, 3.05) is 11.1 Å². The topological polar surface area (TPSA) is 85.3 Å². The number of hydrogen-bond donors (Lipinski definition) is 1. The molecule has 3 aromatic heterocycles. The number of para-hydroxylation sites is 2. The Balaban J connectivity index is 1.48. The molecular weight excluding hydrogens is 405 g/mol. The monoisotopic (exact) mass is 419 g/mol. The van der Waals surface area contributed by atoms with E-state index < -0.39 is 5.82 Å². The van der Waals surface area contributed by atoms with Gasteiger partial charge < -0.3 is 9.73 Å². The standard InChI is InChI=1S/C21H14FN5O2S/c22-15-6-2-4-8-17(15)23-18(28)12-30-21-24-16-7-3-1-5-14(16)20-25-19(26-27(20)21)13-9-10-29-11-13/h1-11H,12H2,(H,23,28). The third-order valence-corrected chi connectivity index (χ3v) is 5.34. The summed E-state index contributed by atoms with van der Waals surface area (Å²) in [6, 6.07) is 15.4. The van der Waals surface area contributed by atoms with E-state index in [1.165, 1.54) is 23.9 Å². The second-order valence-electron chi connectivity index (χ2n) is 6.41. The number of nitrogens with zero attached hydrogens (tertiary/aromatic N) is 4. The van der Waals surface area contributed by atoms with Gasteiger partial charge in [-0.3, -0.25) is 4.79 Å². The first-order valence-electron chi connectivity index (χ1n) is 9.04. The number of furan rings is 1. The van der Waals surface area contributed by atoms with Gasteiger partial charge in [-0.2, -0.15) is 4.52 Å². The van der Waals surface area contributed by atoms with Crippen LogP contribution in [0.1, 0.15) is 0 Å². The number of halogens is 1. The number of fused-ring (bicyclic) bond motifs is 3. The lowest BCUT2D eigenvalue weighted by atomic mass is 10.2. The van der Waals surface area contributed by atoms with Crippen molar-refractivity contribution in [2.45, 2.75) is 5.16 Å². The number of aromatic nitrogens is 4. The molecule has 0 bridgehead atoms. The SMILES string of the molecule is O=C(CSc1nc2ccccc2c2nc(-c3ccoc3)nn12)Nc1ccccc1F. The van der Waals surface area contributed by atoms with E-state index in [1.807, 2.05) is 24.3 Å². The average molecular weight is 419 g/mol. The highest BCUT2D eigenvalue weighted by molar-refractivity contribution is 7.99. The van der Waals surface area contributed by atoms with E-state index >= 15 is 0 Å². The first-order valence-corrected chi connectivity index (χ1v) is 10.0. The second-order valence-corrected chi connectivity index (χ2v) is 7.35. The number of rotatable bonds is 5. The molecule has 9 heteroatoms. The van der Waals surface area contributed by atoms with E-state index in [0.717, 1.165) is 16.5 Å². The minimum absolute atomic E-state index is 0.0374. The van der Waals surface area contributed by atoms with Crippen LogP contribution in [0.3, 0.4) is 0 Å². The molecule has 0 aliphatic rings. The van der Waals surface area contributed by atoms with E-state index in [1.54, 1.807) is 35.2 Å². The normalized spacial score (nSPS) is 11.2. The van der Waals surface area contributed by atoms with Gasteiger partial charge in [0.05, 0.1) is 28.8 Å². The van der Waals surface area contributed by atoms with Crippen LogP contribution in [-0.4, -0.2) is 31.2 Å². The molecule has 5 aromatic rings. The molecule has 0 radical (unpaired) electrons. The van der Waals surface area contributed by atoms with E-state index in [0.29, 0.717) is 16.6 Å². The minimum Gasteiger partial charge on any atom is -0.472 e. The average Bonchev–Trinajstić information content (AvgIpc) is 3.44. The number of anilines is 1. The zero-order valence-electron chi connectivity index (χ0n) is 15.4. The Bertz CT molecular complexity index is 1370. The summed E-state index contributed by atoms with van der Waals surface area (Å²) >= 11 is 1.20. The number of amides is 1. The Kier molecular flexibility index (Phi) is 4.64. The molecule has 0 fully saturated rings. The Morgan fingerprint density at radius 2 is 1.93 bits per heavy atom. The summed E-state index contributed by atoms with van der Waals surface area (Å²) in [5, 5.41) is 8.48. The van der Waals surface area contributed by atoms with Gasteiger partial charge in [0.25, 0.3) is 0 Å². The van der Waals surface area contributed by atoms with Gasteiger partial charge in [-0.15, -0.1) is 5.10 Å². The highest BCUT2D eigenvalue weighted by Gasteiger charge is 2.16. The highest BCUT2D eigenvalue weighted by atomic mass is 32.2. The quantitative estimate of drug-likeness (QED) is 0.336. The number of benzene rings is 2. The van der Waals surface area contributed by atoms with Gasteiger partial charge in [-0.25, -0.2) is 14.4 Å². The maximum Gasteiger partial charge on any atom is 0.234 e. The Labute approximate surface area is 173 Å². The largest absolute Gasteiger partial charge is 0.472 e. The molecule has 1 amide bonds. The summed E-state index contributed by atoms with van der Waals surface area (Å²) in [6.45, 7) is 0. The van der Waals surface area contributed by atoms with Crippen LogP contribution in [0.2, 0.25) is 0 Å². The lowest BCUT2D eigenvalue weighted by Crippen LogP contribution is -2.15. The van der Waals surface area contributed by atoms with E-state index in [4.69, 9.17) is 4.42 Å². The number of carbonyl (C=O) groups is 1. The number of nitrogens with one attached hydrogen (secondary N) is 1. The maximum atomic E-state index is 13.8. The van der Waals surface area contributed by atoms with Gasteiger partial charge >= 0.3 is 0 Å². The molecule has 5 rings (SSSR count). The predicted octanol–water partition coefficient (Wildman–Crippen LogP) is 4.41. The molecule has 30 heavy (non-hydrogen) atoms. The van der Waals surface area contributed by atoms with Gasteiger partial charge in [0.15, 0.2) is 16.6 Å². The first-order chi connectivity index (χ1) is 14.7. The summed E-state index contributed by atoms with van der Waals surface area (Å²) in [4.78, 5) is 21.6. The maximum absolute atomic E-state index is 13.8. The zero-order chi connectivity index (χ0) is 20.5. The third-order valence-electron chi connectivity index (χ3n) is 4.41. The molecule has 2 aromatic carbocycles. The summed E-state index contributed by atoms with van der Waals surface area (Å²) < 4.78 is 20.5. The van der Waals surface area contributed by atoms with Crippen LogP contribution in [-0.2, 0) is 4.79 Å². The lowest BCUT2D eigenvalue weighted by Gasteiger charge is -2.07. The fourth-order valence-corrected chi connectivity index (χ4v) is 3.76. The molecule has 7 nitrogen and oxygen atoms in total. The van der Waals surface area contributed by atoms with E-state index in [2.05, 4.69) is 20.4 Å². The Morgan fingerprint density at radius 1 is 1.10 bits per heavy atom. The summed E-state index contributed by atoms with van der Waals surface area (Å²) in [7, 11) is 0. The van der Waals surface area contributed by atoms with E-state index in [9.17, 15) is 9.18 Å². The van der Waals surface area contributed by atoms with Crippen molar-refractivity contribution in [3.63, 3.8) is 0 Å². The van der Waals surface area contributed by atoms with Crippen LogP contribution < -0.4 is 5.32 Å². The van der Waals surface area contributed by atoms with Crippen LogP contribution in [0.5, 0.6) is 0 Å². The number of carbonyl (C=O) groups excluding carboxylic acids is 1. The molecule has 0 aliphatic heterocycles. The molecule has 0 unspecified atom stereocenters. The van der Waals surface area contributed by atoms with Crippen LogP contribution in [0, 0.1) is 5.82 Å². The lowest BCUT2D eigenvalue weighted by molar-refractivity contribution is -0.113. The molecule has 0 saturated carbocycles. The molecule has 0 aliphatic carbocycles. The highest BCUT2D eigenvalue weighted by Crippen LogP contribution is 2.26. The fraction of sp³-hybridized carbons (Fsp3) is 0.0476. The van der Waals surface area contributed by atoms with E-state index in [-0.39, 0.29) is 17.3 Å². The van der Waals surface area contributed by atoms with Crippen molar-refractivity contribution in [1.82, 2.24) is 19.6 Å². The number of hydrogen-bond acceptors (Lipinski definition) is 6. The van der Waals surface area contributed by atoms with Crippen LogP contribution in [0.4, 0.5) is 10.1 Å². The van der Waals surface area contributed by atoms with Crippen molar-refractivity contribution >= 4 is 39.9 Å². The Hall–Kier alpha value is -3.72. The third kappa shape index (κ3) is 3.39. The first kappa shape index (κ1) is 18.3. The molecule has 3 heterocycles. The smallest absolute Gasteiger partial charge is 0.234 e. The molecular formula is C21H14FN5O2S. The van der Waals surface area contributed by atoms with Crippen molar-refractivity contribution in [2.24, 2.45) is 0 Å². The second kappa shape index (κ2) is 7.60. The fourth-order valence-electron chi connectivity index (χ4n) is 3.02. The van der Waals surface area contributed by atoms with Gasteiger partial charge in [0, 0.05) is 5.39 Å². The Morgan fingerprint density at radius 3 is 2.77 bits per heavy atom. The predicted molar refractivity (Wildman–Crippen MR) is 112 cm³/mol. The van der Waals surface area contributed by atoms with Gasteiger partial charge in [-0.1, -0.05) is 36.0 Å². The summed E-state index contributed by atoms with van der Waals surface area (Å²) in [5.41, 5.74) is 2.26. The minimum atomic E-state index is -0.483. The summed E-state index contributed by atoms with van der Waals surface area (Å²) in [6.07, 6.45) is 3.12. The van der Waals surface area contributed by atoms with Crippen molar-refractivity contribution in [3.8, 4) is 11.4 Å². The molecule has 148 valence electrons. The molecule has 1 N–H and O–H groups in total.